The van der Waals surface area contributed by atoms with Crippen LogP contribution in [0, 0.1) is 5.92 Å². The number of hydrogen-bond donors (Lipinski definition) is 2. The molecule has 2 atom stereocenters. The molecule has 0 aromatic carbocycles. The van der Waals surface area contributed by atoms with Gasteiger partial charge in [-0.2, -0.15) is 0 Å². The molecule has 0 fully saturated rings. The number of aliphatic carboxylic acids is 1. The summed E-state index contributed by atoms with van der Waals surface area (Å²) >= 11 is 0. The zero-order valence-electron chi connectivity index (χ0n) is 13.6. The van der Waals surface area contributed by atoms with E-state index in [-0.39, 0.29) is 36.5 Å². The number of ketones is 1. The lowest BCUT2D eigenvalue weighted by Crippen LogP contribution is -2.34. The van der Waals surface area contributed by atoms with Crippen LogP contribution in [0.15, 0.2) is 0 Å². The molecule has 0 saturated carbocycles. The minimum Gasteiger partial charge on any atom is -0.481 e. The quantitative estimate of drug-likeness (QED) is 0.491. The Bertz CT molecular complexity index is 358. The number of rotatable bonds is 13. The van der Waals surface area contributed by atoms with Crippen molar-refractivity contribution in [1.29, 1.82) is 0 Å². The molecule has 0 radical (unpaired) electrons. The highest BCUT2D eigenvalue weighted by molar-refractivity contribution is 5.82. The van der Waals surface area contributed by atoms with E-state index in [1.165, 1.54) is 6.92 Å². The Morgan fingerprint density at radius 2 is 1.64 bits per heavy atom. The zero-order valence-corrected chi connectivity index (χ0v) is 13.6. The Hall–Kier alpha value is -1.47. The predicted octanol–water partition coefficient (Wildman–Crippen LogP) is 1.00. The van der Waals surface area contributed by atoms with Crippen molar-refractivity contribution in [3.8, 4) is 0 Å². The first-order valence-corrected chi connectivity index (χ1v) is 7.47. The van der Waals surface area contributed by atoms with Crippen LogP contribution in [-0.4, -0.2) is 55.2 Å². The van der Waals surface area contributed by atoms with Gasteiger partial charge in [0.1, 0.15) is 5.78 Å². The van der Waals surface area contributed by atoms with Gasteiger partial charge >= 0.3 is 5.97 Å². The minimum absolute atomic E-state index is 0.0386. The highest BCUT2D eigenvalue weighted by Gasteiger charge is 2.11. The average Bonchev–Trinajstić information content (AvgIpc) is 2.39. The maximum Gasteiger partial charge on any atom is 0.303 e. The van der Waals surface area contributed by atoms with Crippen molar-refractivity contribution in [2.24, 2.45) is 5.92 Å². The molecule has 0 heterocycles. The van der Waals surface area contributed by atoms with Crippen LogP contribution in [0.3, 0.4) is 0 Å². The van der Waals surface area contributed by atoms with E-state index >= 15 is 0 Å². The van der Waals surface area contributed by atoms with Gasteiger partial charge in [0, 0.05) is 32.4 Å². The molecular weight excluding hydrogens is 290 g/mol. The lowest BCUT2D eigenvalue weighted by molar-refractivity contribution is -0.138. The standard InChI is InChI=1S/C15H27NO6/c1-11(8-14(18)4-5-15(19)20)9-21-6-7-22-10-12(2)16-13(3)17/h11-12H,4-10H2,1-3H3,(H,16,17)(H,19,20). The number of hydrogen-bond acceptors (Lipinski definition) is 5. The van der Waals surface area contributed by atoms with Crippen LogP contribution in [0.5, 0.6) is 0 Å². The minimum atomic E-state index is -0.956. The average molecular weight is 317 g/mol. The Balaban J connectivity index is 3.52. The highest BCUT2D eigenvalue weighted by Crippen LogP contribution is 2.06. The molecule has 7 heteroatoms. The third-order valence-electron chi connectivity index (χ3n) is 2.79. The number of amides is 1. The molecule has 0 rings (SSSR count). The van der Waals surface area contributed by atoms with Crippen LogP contribution < -0.4 is 5.32 Å². The van der Waals surface area contributed by atoms with Gasteiger partial charge in [0.15, 0.2) is 0 Å². The van der Waals surface area contributed by atoms with Gasteiger partial charge in [-0.25, -0.2) is 0 Å². The summed E-state index contributed by atoms with van der Waals surface area (Å²) in [6.07, 6.45) is 0.282. The lowest BCUT2D eigenvalue weighted by Gasteiger charge is -2.14. The van der Waals surface area contributed by atoms with Crippen molar-refractivity contribution in [3.63, 3.8) is 0 Å². The van der Waals surface area contributed by atoms with Crippen molar-refractivity contribution >= 4 is 17.7 Å². The maximum atomic E-state index is 11.5. The zero-order chi connectivity index (χ0) is 17.0. The summed E-state index contributed by atoms with van der Waals surface area (Å²) in [5, 5.41) is 11.2. The van der Waals surface area contributed by atoms with E-state index in [0.29, 0.717) is 32.8 Å². The van der Waals surface area contributed by atoms with Crippen molar-refractivity contribution < 1.29 is 29.0 Å². The summed E-state index contributed by atoms with van der Waals surface area (Å²) in [6.45, 7) is 6.89. The molecule has 0 aliphatic rings. The van der Waals surface area contributed by atoms with Gasteiger partial charge in [-0.05, 0) is 12.8 Å². The second-order valence-corrected chi connectivity index (χ2v) is 5.49. The fourth-order valence-corrected chi connectivity index (χ4v) is 1.85. The normalized spacial score (nSPS) is 13.4. The van der Waals surface area contributed by atoms with Crippen molar-refractivity contribution in [1.82, 2.24) is 5.32 Å². The van der Waals surface area contributed by atoms with Crippen LogP contribution >= 0.6 is 0 Å². The Labute approximate surface area is 131 Å². The molecule has 2 N–H and O–H groups in total. The molecule has 0 aromatic heterocycles. The number of carboxylic acids is 1. The van der Waals surface area contributed by atoms with Gasteiger partial charge in [-0.15, -0.1) is 0 Å². The molecule has 0 aliphatic carbocycles. The predicted molar refractivity (Wildman–Crippen MR) is 80.6 cm³/mol. The second-order valence-electron chi connectivity index (χ2n) is 5.49. The molecule has 128 valence electrons. The monoisotopic (exact) mass is 317 g/mol. The third-order valence-corrected chi connectivity index (χ3v) is 2.79. The van der Waals surface area contributed by atoms with E-state index in [9.17, 15) is 14.4 Å². The molecular formula is C15H27NO6. The molecule has 0 spiro atoms. The SMILES string of the molecule is CC(=O)NC(C)COCCOCC(C)CC(=O)CCC(=O)O. The molecule has 22 heavy (non-hydrogen) atoms. The van der Waals surface area contributed by atoms with E-state index in [0.717, 1.165) is 0 Å². The molecule has 1 amide bonds. The summed E-state index contributed by atoms with van der Waals surface area (Å²) in [5.74, 6) is -1.05. The first-order chi connectivity index (χ1) is 10.3. The fourth-order valence-electron chi connectivity index (χ4n) is 1.85. The van der Waals surface area contributed by atoms with Crippen LogP contribution in [0.25, 0.3) is 0 Å². The number of Topliss-reactive ketones (excluding diaryl/α,β-unsaturated/α-hetero) is 1. The number of carbonyl (C=O) groups excluding carboxylic acids is 2. The van der Waals surface area contributed by atoms with Gasteiger partial charge in [0.2, 0.25) is 5.91 Å². The van der Waals surface area contributed by atoms with Gasteiger partial charge in [-0.1, -0.05) is 6.92 Å². The number of nitrogens with one attached hydrogen (secondary N) is 1. The number of carbonyl (C=O) groups is 3. The molecule has 2 unspecified atom stereocenters. The lowest BCUT2D eigenvalue weighted by atomic mass is 10.0. The molecule has 0 aliphatic heterocycles. The summed E-state index contributed by atoms with van der Waals surface area (Å²) in [5.41, 5.74) is 0. The van der Waals surface area contributed by atoms with Crippen LogP contribution in [-0.2, 0) is 23.9 Å². The van der Waals surface area contributed by atoms with Crippen molar-refractivity contribution in [3.05, 3.63) is 0 Å². The Morgan fingerprint density at radius 1 is 1.05 bits per heavy atom. The summed E-state index contributed by atoms with van der Waals surface area (Å²) < 4.78 is 10.8. The van der Waals surface area contributed by atoms with E-state index < -0.39 is 5.97 Å². The Morgan fingerprint density at radius 3 is 2.18 bits per heavy atom. The van der Waals surface area contributed by atoms with Gasteiger partial charge in [-0.3, -0.25) is 14.4 Å². The first-order valence-electron chi connectivity index (χ1n) is 7.47. The smallest absolute Gasteiger partial charge is 0.303 e. The number of ether oxygens (including phenoxy) is 2. The first kappa shape index (κ1) is 20.5. The van der Waals surface area contributed by atoms with Gasteiger partial charge in [0.05, 0.1) is 26.2 Å². The molecule has 0 aromatic rings. The summed E-state index contributed by atoms with van der Waals surface area (Å²) in [4.78, 5) is 32.6. The maximum absolute atomic E-state index is 11.5. The molecule has 7 nitrogen and oxygen atoms in total. The van der Waals surface area contributed by atoms with Gasteiger partial charge in [0.25, 0.3) is 0 Å². The van der Waals surface area contributed by atoms with E-state index in [4.69, 9.17) is 14.6 Å². The van der Waals surface area contributed by atoms with Crippen molar-refractivity contribution in [2.75, 3.05) is 26.4 Å². The van der Waals surface area contributed by atoms with Crippen LogP contribution in [0.1, 0.15) is 40.0 Å². The molecule has 0 bridgehead atoms. The van der Waals surface area contributed by atoms with E-state index in [2.05, 4.69) is 5.32 Å². The molecule has 0 saturated heterocycles. The Kier molecular flexibility index (Phi) is 11.3. The third kappa shape index (κ3) is 13.5. The largest absolute Gasteiger partial charge is 0.481 e. The van der Waals surface area contributed by atoms with E-state index in [1.54, 1.807) is 0 Å². The van der Waals surface area contributed by atoms with Crippen LogP contribution in [0.4, 0.5) is 0 Å². The van der Waals surface area contributed by atoms with Crippen LogP contribution in [0.2, 0.25) is 0 Å². The van der Waals surface area contributed by atoms with Crippen molar-refractivity contribution in [2.45, 2.75) is 46.1 Å². The summed E-state index contributed by atoms with van der Waals surface area (Å²) in [7, 11) is 0. The highest BCUT2D eigenvalue weighted by atomic mass is 16.5. The van der Waals surface area contributed by atoms with Gasteiger partial charge < -0.3 is 19.9 Å². The van der Waals surface area contributed by atoms with E-state index in [1.807, 2.05) is 13.8 Å². The summed E-state index contributed by atoms with van der Waals surface area (Å²) in [6, 6.07) is -0.0386. The topological polar surface area (TPSA) is 102 Å². The number of carboxylic acid groups (broad SMARTS) is 1. The second kappa shape index (κ2) is 12.1. The fraction of sp³-hybridized carbons (Fsp3) is 0.800.